The molecule has 0 unspecified atom stereocenters. The Hall–Kier alpha value is -3.15. The fourth-order valence-electron chi connectivity index (χ4n) is 2.38. The number of nitrogens with one attached hydrogen (secondary N) is 2. The number of anilines is 4. The molecule has 0 aliphatic heterocycles. The van der Waals surface area contributed by atoms with Crippen molar-refractivity contribution in [2.24, 2.45) is 0 Å². The van der Waals surface area contributed by atoms with Crippen LogP contribution in [-0.4, -0.2) is 29.0 Å². The Labute approximate surface area is 148 Å². The molecule has 6 heteroatoms. The van der Waals surface area contributed by atoms with Gasteiger partial charge >= 0.3 is 0 Å². The van der Waals surface area contributed by atoms with Gasteiger partial charge in [0, 0.05) is 56.2 Å². The van der Waals surface area contributed by atoms with Gasteiger partial charge in [0.15, 0.2) is 0 Å². The van der Waals surface area contributed by atoms with Gasteiger partial charge in [0.1, 0.15) is 5.82 Å². The molecule has 0 aliphatic carbocycles. The van der Waals surface area contributed by atoms with E-state index in [1.54, 1.807) is 12.4 Å². The second-order valence-corrected chi connectivity index (χ2v) is 5.99. The minimum atomic E-state index is 0.579. The van der Waals surface area contributed by atoms with Gasteiger partial charge in [-0.3, -0.25) is 4.98 Å². The van der Waals surface area contributed by atoms with Gasteiger partial charge in [-0.1, -0.05) is 0 Å². The van der Waals surface area contributed by atoms with E-state index < -0.39 is 0 Å². The molecule has 2 N–H and O–H groups in total. The predicted octanol–water partition coefficient (Wildman–Crippen LogP) is 3.60. The molecule has 0 aliphatic rings. The first kappa shape index (κ1) is 16.7. The molecule has 0 radical (unpaired) electrons. The number of aryl methyl sites for hydroxylation is 1. The molecule has 3 rings (SSSR count). The Balaban J connectivity index is 1.70. The summed E-state index contributed by atoms with van der Waals surface area (Å²) in [5.41, 5.74) is 4.16. The molecular weight excluding hydrogens is 312 g/mol. The summed E-state index contributed by atoms with van der Waals surface area (Å²) in [6, 6.07) is 14.0. The third-order valence-corrected chi connectivity index (χ3v) is 3.72. The van der Waals surface area contributed by atoms with Crippen molar-refractivity contribution in [3.05, 3.63) is 66.1 Å². The molecule has 128 valence electrons. The Morgan fingerprint density at radius 1 is 0.960 bits per heavy atom. The fraction of sp³-hybridized carbons (Fsp3) is 0.211. The summed E-state index contributed by atoms with van der Waals surface area (Å²) in [4.78, 5) is 15.1. The van der Waals surface area contributed by atoms with Gasteiger partial charge in [0.05, 0.1) is 0 Å². The Bertz CT molecular complexity index is 815. The predicted molar refractivity (Wildman–Crippen MR) is 102 cm³/mol. The van der Waals surface area contributed by atoms with E-state index in [-0.39, 0.29) is 0 Å². The van der Waals surface area contributed by atoms with E-state index in [4.69, 9.17) is 0 Å². The van der Waals surface area contributed by atoms with Crippen molar-refractivity contribution < 1.29 is 0 Å². The summed E-state index contributed by atoms with van der Waals surface area (Å²) in [5.74, 6) is 1.37. The highest BCUT2D eigenvalue weighted by Gasteiger charge is 2.04. The van der Waals surface area contributed by atoms with Crippen molar-refractivity contribution in [1.82, 2.24) is 15.0 Å². The van der Waals surface area contributed by atoms with Crippen LogP contribution in [0.3, 0.4) is 0 Å². The molecule has 3 aromatic rings. The third-order valence-electron chi connectivity index (χ3n) is 3.72. The standard InChI is InChI=1S/C19H22N6/c1-14-12-18(21-13-15-8-10-20-11-9-15)24-19(22-14)23-16-4-6-17(7-5-16)25(2)3/h4-12H,13H2,1-3H3,(H2,21,22,23,24). The van der Waals surface area contributed by atoms with Crippen LogP contribution < -0.4 is 15.5 Å². The van der Waals surface area contributed by atoms with Crippen LogP contribution in [0.5, 0.6) is 0 Å². The monoisotopic (exact) mass is 334 g/mol. The summed E-state index contributed by atoms with van der Waals surface area (Å²) in [6.45, 7) is 2.65. The number of pyridine rings is 1. The van der Waals surface area contributed by atoms with Gasteiger partial charge in [-0.2, -0.15) is 4.98 Å². The number of nitrogens with zero attached hydrogens (tertiary/aromatic N) is 4. The number of benzene rings is 1. The molecule has 25 heavy (non-hydrogen) atoms. The lowest BCUT2D eigenvalue weighted by atomic mass is 10.2. The summed E-state index contributed by atoms with van der Waals surface area (Å²) in [7, 11) is 4.04. The zero-order valence-corrected chi connectivity index (χ0v) is 14.7. The highest BCUT2D eigenvalue weighted by molar-refractivity contribution is 5.59. The Kier molecular flexibility index (Phi) is 5.09. The lowest BCUT2D eigenvalue weighted by Gasteiger charge is -2.13. The minimum absolute atomic E-state index is 0.579. The first-order valence-corrected chi connectivity index (χ1v) is 8.13. The van der Waals surface area contributed by atoms with Crippen molar-refractivity contribution >= 4 is 23.1 Å². The first-order valence-electron chi connectivity index (χ1n) is 8.13. The molecule has 0 atom stereocenters. The van der Waals surface area contributed by atoms with Crippen LogP contribution in [0, 0.1) is 6.92 Å². The number of aromatic nitrogens is 3. The first-order chi connectivity index (χ1) is 12.1. The normalized spacial score (nSPS) is 10.4. The zero-order chi connectivity index (χ0) is 17.6. The molecule has 6 nitrogen and oxygen atoms in total. The van der Waals surface area contributed by atoms with Crippen LogP contribution in [-0.2, 0) is 6.54 Å². The molecular formula is C19H22N6. The van der Waals surface area contributed by atoms with E-state index in [1.165, 1.54) is 0 Å². The smallest absolute Gasteiger partial charge is 0.229 e. The lowest BCUT2D eigenvalue weighted by molar-refractivity contribution is 1.05. The molecule has 2 aromatic heterocycles. The van der Waals surface area contributed by atoms with E-state index in [2.05, 4.69) is 42.6 Å². The van der Waals surface area contributed by atoms with E-state index in [0.717, 1.165) is 28.5 Å². The van der Waals surface area contributed by atoms with E-state index >= 15 is 0 Å². The van der Waals surface area contributed by atoms with Crippen LogP contribution in [0.15, 0.2) is 54.9 Å². The quantitative estimate of drug-likeness (QED) is 0.718. The minimum Gasteiger partial charge on any atom is -0.378 e. The molecule has 2 heterocycles. The Morgan fingerprint density at radius 2 is 1.68 bits per heavy atom. The molecule has 1 aromatic carbocycles. The highest BCUT2D eigenvalue weighted by atomic mass is 15.1. The van der Waals surface area contributed by atoms with Crippen molar-refractivity contribution in [1.29, 1.82) is 0 Å². The molecule has 0 saturated carbocycles. The molecule has 0 bridgehead atoms. The number of hydrogen-bond acceptors (Lipinski definition) is 6. The maximum atomic E-state index is 4.54. The SMILES string of the molecule is Cc1cc(NCc2ccncc2)nc(Nc2ccc(N(C)C)cc2)n1. The zero-order valence-electron chi connectivity index (χ0n) is 14.7. The number of hydrogen-bond donors (Lipinski definition) is 2. The van der Waals surface area contributed by atoms with E-state index in [9.17, 15) is 0 Å². The summed E-state index contributed by atoms with van der Waals surface area (Å²) >= 11 is 0. The fourth-order valence-corrected chi connectivity index (χ4v) is 2.38. The van der Waals surface area contributed by atoms with Gasteiger partial charge in [-0.25, -0.2) is 4.98 Å². The average Bonchev–Trinajstić information content (AvgIpc) is 2.61. The van der Waals surface area contributed by atoms with E-state index in [0.29, 0.717) is 12.5 Å². The molecule has 0 amide bonds. The van der Waals surface area contributed by atoms with Gasteiger partial charge in [-0.05, 0) is 48.9 Å². The van der Waals surface area contributed by atoms with Gasteiger partial charge in [0.2, 0.25) is 5.95 Å². The van der Waals surface area contributed by atoms with Crippen molar-refractivity contribution in [2.45, 2.75) is 13.5 Å². The maximum Gasteiger partial charge on any atom is 0.229 e. The van der Waals surface area contributed by atoms with Crippen molar-refractivity contribution in [2.75, 3.05) is 29.6 Å². The largest absolute Gasteiger partial charge is 0.378 e. The van der Waals surface area contributed by atoms with E-state index in [1.807, 2.05) is 51.4 Å². The van der Waals surface area contributed by atoms with Gasteiger partial charge in [-0.15, -0.1) is 0 Å². The third kappa shape index (κ3) is 4.67. The summed E-state index contributed by atoms with van der Waals surface area (Å²) < 4.78 is 0. The van der Waals surface area contributed by atoms with Crippen LogP contribution >= 0.6 is 0 Å². The average molecular weight is 334 g/mol. The number of rotatable bonds is 6. The van der Waals surface area contributed by atoms with Crippen LogP contribution in [0.4, 0.5) is 23.1 Å². The maximum absolute atomic E-state index is 4.54. The van der Waals surface area contributed by atoms with Gasteiger partial charge in [0.25, 0.3) is 0 Å². The molecule has 0 fully saturated rings. The van der Waals surface area contributed by atoms with Crippen LogP contribution in [0.25, 0.3) is 0 Å². The lowest BCUT2D eigenvalue weighted by Crippen LogP contribution is -2.08. The van der Waals surface area contributed by atoms with Crippen molar-refractivity contribution in [3.63, 3.8) is 0 Å². The van der Waals surface area contributed by atoms with Crippen LogP contribution in [0.2, 0.25) is 0 Å². The van der Waals surface area contributed by atoms with Crippen molar-refractivity contribution in [3.8, 4) is 0 Å². The highest BCUT2D eigenvalue weighted by Crippen LogP contribution is 2.19. The topological polar surface area (TPSA) is 66.0 Å². The molecule has 0 spiro atoms. The van der Waals surface area contributed by atoms with Crippen LogP contribution in [0.1, 0.15) is 11.3 Å². The Morgan fingerprint density at radius 3 is 2.36 bits per heavy atom. The summed E-state index contributed by atoms with van der Waals surface area (Å²) in [5, 5.41) is 6.59. The van der Waals surface area contributed by atoms with Gasteiger partial charge < -0.3 is 15.5 Å². The summed E-state index contributed by atoms with van der Waals surface area (Å²) in [6.07, 6.45) is 3.57. The second-order valence-electron chi connectivity index (χ2n) is 5.99. The molecule has 0 saturated heterocycles. The second kappa shape index (κ2) is 7.61.